The van der Waals surface area contributed by atoms with Gasteiger partial charge in [-0.05, 0) is 35.4 Å². The molecule has 0 heterocycles. The molecule has 0 unspecified atom stereocenters. The number of sulfonamides is 1. The number of nitrogens with one attached hydrogen (secondary N) is 1. The zero-order valence-corrected chi connectivity index (χ0v) is 18.3. The molecule has 0 aliphatic heterocycles. The Kier molecular flexibility index (Phi) is 7.38. The third kappa shape index (κ3) is 5.14. The second-order valence-corrected chi connectivity index (χ2v) is 9.17. The first-order valence-electron chi connectivity index (χ1n) is 9.14. The normalized spacial score (nSPS) is 11.3. The molecule has 3 rings (SSSR count). The number of aliphatic hydroxyl groups excluding tert-OH is 1. The average Bonchev–Trinajstić information content (AvgIpc) is 2.78. The van der Waals surface area contributed by atoms with Crippen molar-refractivity contribution in [1.82, 2.24) is 4.72 Å². The molecule has 0 radical (unpaired) electrons. The first-order chi connectivity index (χ1) is 14.5. The molecule has 0 spiro atoms. The van der Waals surface area contributed by atoms with Gasteiger partial charge in [0.25, 0.3) is 0 Å². The van der Waals surface area contributed by atoms with Crippen LogP contribution in [0.4, 0.5) is 0 Å². The van der Waals surface area contributed by atoms with E-state index in [1.54, 1.807) is 6.07 Å². The molecule has 158 valence electrons. The summed E-state index contributed by atoms with van der Waals surface area (Å²) in [7, 11) is -0.802. The van der Waals surface area contributed by atoms with E-state index in [-0.39, 0.29) is 18.0 Å². The second kappa shape index (κ2) is 9.99. The SMILES string of the molecule is COc1ccc(S(=O)(=O)NCc2ccccc2Sc2ccccc2CO)cc1OC. The molecule has 0 aliphatic carbocycles. The minimum atomic E-state index is -3.75. The van der Waals surface area contributed by atoms with Crippen LogP contribution in [0.25, 0.3) is 0 Å². The van der Waals surface area contributed by atoms with Crippen molar-refractivity contribution >= 4 is 21.8 Å². The fourth-order valence-electron chi connectivity index (χ4n) is 2.84. The molecule has 0 aliphatic rings. The van der Waals surface area contributed by atoms with Crippen LogP contribution in [0.2, 0.25) is 0 Å². The van der Waals surface area contributed by atoms with E-state index in [0.717, 1.165) is 20.9 Å². The first kappa shape index (κ1) is 22.2. The number of aliphatic hydroxyl groups is 1. The average molecular weight is 446 g/mol. The lowest BCUT2D eigenvalue weighted by molar-refractivity contribution is 0.279. The van der Waals surface area contributed by atoms with Crippen molar-refractivity contribution in [2.24, 2.45) is 0 Å². The van der Waals surface area contributed by atoms with E-state index in [0.29, 0.717) is 11.5 Å². The van der Waals surface area contributed by atoms with E-state index >= 15 is 0 Å². The van der Waals surface area contributed by atoms with Gasteiger partial charge in [0, 0.05) is 22.4 Å². The molecule has 30 heavy (non-hydrogen) atoms. The van der Waals surface area contributed by atoms with Crippen LogP contribution < -0.4 is 14.2 Å². The van der Waals surface area contributed by atoms with Crippen LogP contribution in [-0.2, 0) is 23.2 Å². The maximum atomic E-state index is 12.8. The molecule has 0 aromatic heterocycles. The fourth-order valence-corrected chi connectivity index (χ4v) is 4.93. The highest BCUT2D eigenvalue weighted by atomic mass is 32.2. The summed E-state index contributed by atoms with van der Waals surface area (Å²) in [6.07, 6.45) is 0. The van der Waals surface area contributed by atoms with Gasteiger partial charge >= 0.3 is 0 Å². The molecule has 0 atom stereocenters. The molecule has 0 bridgehead atoms. The zero-order valence-electron chi connectivity index (χ0n) is 16.7. The standard InChI is InChI=1S/C22H23NO5S2/c1-27-19-12-11-18(13-20(19)28-2)30(25,26)23-14-16-7-3-5-9-21(16)29-22-10-6-4-8-17(22)15-24/h3-13,23-24H,14-15H2,1-2H3. The Morgan fingerprint density at radius 3 is 2.10 bits per heavy atom. The van der Waals surface area contributed by atoms with E-state index in [1.165, 1.54) is 38.1 Å². The Labute approximate surface area is 180 Å². The van der Waals surface area contributed by atoms with Crippen molar-refractivity contribution in [3.05, 3.63) is 77.9 Å². The van der Waals surface area contributed by atoms with Crippen LogP contribution in [0.5, 0.6) is 11.5 Å². The fraction of sp³-hybridized carbons (Fsp3) is 0.182. The molecular weight excluding hydrogens is 422 g/mol. The molecule has 0 saturated heterocycles. The summed E-state index contributed by atoms with van der Waals surface area (Å²) in [5, 5.41) is 9.56. The van der Waals surface area contributed by atoms with E-state index in [2.05, 4.69) is 4.72 Å². The second-order valence-electron chi connectivity index (χ2n) is 6.32. The lowest BCUT2D eigenvalue weighted by Gasteiger charge is -2.13. The Balaban J connectivity index is 1.81. The summed E-state index contributed by atoms with van der Waals surface area (Å²) in [6.45, 7) is 0.0679. The maximum Gasteiger partial charge on any atom is 0.241 e. The molecule has 8 heteroatoms. The Morgan fingerprint density at radius 1 is 0.867 bits per heavy atom. The molecule has 0 amide bonds. The Morgan fingerprint density at radius 2 is 1.47 bits per heavy atom. The number of benzene rings is 3. The number of ether oxygens (including phenoxy) is 2. The number of hydrogen-bond acceptors (Lipinski definition) is 6. The van der Waals surface area contributed by atoms with E-state index in [1.807, 2.05) is 48.5 Å². The minimum absolute atomic E-state index is 0.0583. The quantitative estimate of drug-likeness (QED) is 0.521. The molecular formula is C22H23NO5S2. The highest BCUT2D eigenvalue weighted by Crippen LogP contribution is 2.33. The lowest BCUT2D eigenvalue weighted by Crippen LogP contribution is -2.23. The summed E-state index contributed by atoms with van der Waals surface area (Å²) in [5.41, 5.74) is 1.66. The van der Waals surface area contributed by atoms with Crippen molar-refractivity contribution in [3.63, 3.8) is 0 Å². The Hall–Kier alpha value is -2.52. The molecule has 6 nitrogen and oxygen atoms in total. The van der Waals surface area contributed by atoms with Crippen LogP contribution >= 0.6 is 11.8 Å². The summed E-state index contributed by atoms with van der Waals surface area (Å²) in [5.74, 6) is 0.803. The van der Waals surface area contributed by atoms with Crippen LogP contribution in [0.3, 0.4) is 0 Å². The predicted octanol–water partition coefficient (Wildman–Crippen LogP) is 3.83. The number of hydrogen-bond donors (Lipinski definition) is 2. The molecule has 3 aromatic carbocycles. The van der Waals surface area contributed by atoms with Crippen molar-refractivity contribution in [2.45, 2.75) is 27.8 Å². The predicted molar refractivity (Wildman–Crippen MR) is 117 cm³/mol. The Bertz CT molecular complexity index is 1120. The zero-order chi connectivity index (χ0) is 21.6. The van der Waals surface area contributed by atoms with Crippen molar-refractivity contribution in [2.75, 3.05) is 14.2 Å². The van der Waals surface area contributed by atoms with Gasteiger partial charge in [-0.25, -0.2) is 13.1 Å². The van der Waals surface area contributed by atoms with Gasteiger partial charge in [0.1, 0.15) is 0 Å². The topological polar surface area (TPSA) is 84.9 Å². The monoisotopic (exact) mass is 445 g/mol. The maximum absolute atomic E-state index is 12.8. The highest BCUT2D eigenvalue weighted by Gasteiger charge is 2.18. The lowest BCUT2D eigenvalue weighted by atomic mass is 10.2. The van der Waals surface area contributed by atoms with Crippen LogP contribution in [-0.4, -0.2) is 27.7 Å². The summed E-state index contributed by atoms with van der Waals surface area (Å²) in [4.78, 5) is 1.93. The van der Waals surface area contributed by atoms with Crippen molar-refractivity contribution < 1.29 is 23.0 Å². The van der Waals surface area contributed by atoms with Crippen LogP contribution in [0, 0.1) is 0 Å². The minimum Gasteiger partial charge on any atom is -0.493 e. The van der Waals surface area contributed by atoms with Gasteiger partial charge in [-0.15, -0.1) is 0 Å². The van der Waals surface area contributed by atoms with Gasteiger partial charge in [-0.2, -0.15) is 0 Å². The van der Waals surface area contributed by atoms with Gasteiger partial charge in [-0.1, -0.05) is 48.2 Å². The first-order valence-corrected chi connectivity index (χ1v) is 11.4. The van der Waals surface area contributed by atoms with Gasteiger partial charge in [0.2, 0.25) is 10.0 Å². The van der Waals surface area contributed by atoms with Gasteiger partial charge < -0.3 is 14.6 Å². The molecule has 0 fully saturated rings. The van der Waals surface area contributed by atoms with E-state index < -0.39 is 10.0 Å². The van der Waals surface area contributed by atoms with Gasteiger partial charge in [0.05, 0.1) is 25.7 Å². The molecule has 0 saturated carbocycles. The van der Waals surface area contributed by atoms with Gasteiger partial charge in [-0.3, -0.25) is 0 Å². The van der Waals surface area contributed by atoms with Crippen LogP contribution in [0.15, 0.2) is 81.4 Å². The largest absolute Gasteiger partial charge is 0.493 e. The van der Waals surface area contributed by atoms with Crippen LogP contribution in [0.1, 0.15) is 11.1 Å². The molecule has 2 N–H and O–H groups in total. The molecule has 3 aromatic rings. The number of rotatable bonds is 9. The third-order valence-electron chi connectivity index (χ3n) is 4.45. The van der Waals surface area contributed by atoms with E-state index in [9.17, 15) is 13.5 Å². The summed E-state index contributed by atoms with van der Waals surface area (Å²) >= 11 is 1.49. The highest BCUT2D eigenvalue weighted by molar-refractivity contribution is 7.99. The summed E-state index contributed by atoms with van der Waals surface area (Å²) < 4.78 is 38.6. The number of methoxy groups -OCH3 is 2. The smallest absolute Gasteiger partial charge is 0.241 e. The third-order valence-corrected chi connectivity index (χ3v) is 7.09. The summed E-state index contributed by atoms with van der Waals surface area (Å²) in [6, 6.07) is 19.6. The van der Waals surface area contributed by atoms with Crippen molar-refractivity contribution in [3.8, 4) is 11.5 Å². The van der Waals surface area contributed by atoms with E-state index in [4.69, 9.17) is 9.47 Å². The van der Waals surface area contributed by atoms with Gasteiger partial charge in [0.15, 0.2) is 11.5 Å². The van der Waals surface area contributed by atoms with Crippen molar-refractivity contribution in [1.29, 1.82) is 0 Å².